The van der Waals surface area contributed by atoms with E-state index in [-0.39, 0.29) is 5.02 Å². The first-order valence-electron chi connectivity index (χ1n) is 7.47. The number of thiazole rings is 1. The van der Waals surface area contributed by atoms with Crippen LogP contribution in [0.15, 0.2) is 23.2 Å². The lowest BCUT2D eigenvalue weighted by Gasteiger charge is -1.98. The van der Waals surface area contributed by atoms with Crippen molar-refractivity contribution < 1.29 is 4.39 Å². The zero-order valence-corrected chi connectivity index (χ0v) is 14.3. The van der Waals surface area contributed by atoms with E-state index in [0.29, 0.717) is 11.6 Å². The van der Waals surface area contributed by atoms with Crippen LogP contribution in [0.4, 0.5) is 4.39 Å². The summed E-state index contributed by atoms with van der Waals surface area (Å²) >= 11 is 7.43. The van der Waals surface area contributed by atoms with Gasteiger partial charge in [-0.1, -0.05) is 11.6 Å². The summed E-state index contributed by atoms with van der Waals surface area (Å²) in [4.78, 5) is 9.78. The first-order valence-corrected chi connectivity index (χ1v) is 8.66. The van der Waals surface area contributed by atoms with Crippen LogP contribution in [0, 0.1) is 5.82 Å². The quantitative estimate of drug-likeness (QED) is 0.704. The third kappa shape index (κ3) is 2.74. The van der Waals surface area contributed by atoms with Crippen molar-refractivity contribution in [1.82, 2.24) is 20.4 Å². The van der Waals surface area contributed by atoms with Crippen molar-refractivity contribution in [2.75, 3.05) is 7.05 Å². The zero-order valence-electron chi connectivity index (χ0n) is 12.8. The molecular formula is C16H13ClFN5S. The highest BCUT2D eigenvalue weighted by Crippen LogP contribution is 2.47. The first-order chi connectivity index (χ1) is 11.7. The van der Waals surface area contributed by atoms with Crippen LogP contribution in [0.3, 0.4) is 0 Å². The van der Waals surface area contributed by atoms with Crippen LogP contribution in [0.5, 0.6) is 0 Å². The number of aromatic amines is 1. The van der Waals surface area contributed by atoms with Crippen molar-refractivity contribution in [2.24, 2.45) is 4.99 Å². The molecule has 0 saturated heterocycles. The second-order valence-corrected chi connectivity index (χ2v) is 6.99. The maximum absolute atomic E-state index is 13.4. The minimum atomic E-state index is -0.433. The molecule has 0 atom stereocenters. The number of aliphatic imine (C=N–C) groups is 1. The van der Waals surface area contributed by atoms with E-state index < -0.39 is 5.82 Å². The van der Waals surface area contributed by atoms with Crippen LogP contribution in [0.1, 0.15) is 30.1 Å². The number of nitrogens with zero attached hydrogens (tertiary/aromatic N) is 4. The minimum absolute atomic E-state index is 0.0949. The van der Waals surface area contributed by atoms with Crippen LogP contribution in [-0.2, 0) is 0 Å². The van der Waals surface area contributed by atoms with Crippen LogP contribution >= 0.6 is 22.9 Å². The van der Waals surface area contributed by atoms with Gasteiger partial charge in [0.05, 0.1) is 21.8 Å². The molecule has 2 heterocycles. The van der Waals surface area contributed by atoms with E-state index in [1.54, 1.807) is 25.4 Å². The Morgan fingerprint density at radius 2 is 2.21 bits per heavy atom. The number of hydrogen-bond acceptors (Lipinski definition) is 5. The Hall–Kier alpha value is -2.12. The molecule has 1 aliphatic rings. The second-order valence-electron chi connectivity index (χ2n) is 5.58. The van der Waals surface area contributed by atoms with Gasteiger partial charge in [-0.3, -0.25) is 4.99 Å². The van der Waals surface area contributed by atoms with Crippen molar-refractivity contribution in [3.63, 3.8) is 0 Å². The van der Waals surface area contributed by atoms with Crippen LogP contribution in [0.2, 0.25) is 5.02 Å². The number of aromatic nitrogens is 4. The van der Waals surface area contributed by atoms with E-state index in [2.05, 4.69) is 20.4 Å². The highest BCUT2D eigenvalue weighted by molar-refractivity contribution is 7.18. The van der Waals surface area contributed by atoms with Crippen molar-refractivity contribution in [3.8, 4) is 21.1 Å². The van der Waals surface area contributed by atoms with Gasteiger partial charge in [0.15, 0.2) is 0 Å². The summed E-state index contributed by atoms with van der Waals surface area (Å²) in [6.45, 7) is 0. The Morgan fingerprint density at radius 3 is 2.92 bits per heavy atom. The van der Waals surface area contributed by atoms with Crippen molar-refractivity contribution in [2.45, 2.75) is 18.8 Å². The summed E-state index contributed by atoms with van der Waals surface area (Å²) in [5.74, 6) is 0.0154. The summed E-state index contributed by atoms with van der Waals surface area (Å²) < 4.78 is 13.4. The van der Waals surface area contributed by atoms with Gasteiger partial charge in [-0.05, 0) is 31.0 Å². The molecule has 1 saturated carbocycles. The second kappa shape index (κ2) is 6.07. The molecule has 1 fully saturated rings. The van der Waals surface area contributed by atoms with Gasteiger partial charge in [0, 0.05) is 18.5 Å². The number of benzene rings is 1. The molecule has 1 aromatic carbocycles. The molecule has 4 rings (SSSR count). The molecule has 24 heavy (non-hydrogen) atoms. The van der Waals surface area contributed by atoms with Gasteiger partial charge in [-0.2, -0.15) is 15.4 Å². The molecule has 3 aromatic rings. The topological polar surface area (TPSA) is 66.8 Å². The summed E-state index contributed by atoms with van der Waals surface area (Å²) in [6.07, 6.45) is 3.91. The Bertz CT molecular complexity index is 928. The molecule has 5 nitrogen and oxygen atoms in total. The van der Waals surface area contributed by atoms with Gasteiger partial charge >= 0.3 is 0 Å². The van der Waals surface area contributed by atoms with E-state index >= 15 is 0 Å². The smallest absolute Gasteiger partial charge is 0.141 e. The molecule has 122 valence electrons. The Balaban J connectivity index is 1.84. The Morgan fingerprint density at radius 1 is 1.38 bits per heavy atom. The molecule has 2 aromatic heterocycles. The molecular weight excluding hydrogens is 349 g/mol. The number of hydrogen-bond donors (Lipinski definition) is 1. The lowest BCUT2D eigenvalue weighted by Crippen LogP contribution is -1.89. The number of H-pyrrole nitrogens is 1. The third-order valence-corrected chi connectivity index (χ3v) is 5.24. The summed E-state index contributed by atoms with van der Waals surface area (Å²) in [5.41, 5.74) is 3.26. The maximum atomic E-state index is 13.4. The SMILES string of the molecule is CN=Cc1n[nH]nc1-c1sc(-c2ccc(F)c(Cl)c2)nc1C1CC1. The van der Waals surface area contributed by atoms with E-state index in [0.717, 1.165) is 39.7 Å². The first kappa shape index (κ1) is 15.4. The fourth-order valence-corrected chi connectivity index (χ4v) is 3.83. The van der Waals surface area contributed by atoms with Gasteiger partial charge in [0.2, 0.25) is 0 Å². The number of rotatable bonds is 4. The van der Waals surface area contributed by atoms with Gasteiger partial charge in [0.25, 0.3) is 0 Å². The van der Waals surface area contributed by atoms with Crippen LogP contribution < -0.4 is 0 Å². The van der Waals surface area contributed by atoms with Gasteiger partial charge in [0.1, 0.15) is 22.2 Å². The Labute approximate surface area is 146 Å². The minimum Gasteiger partial charge on any atom is -0.294 e. The molecule has 0 amide bonds. The van der Waals surface area contributed by atoms with Gasteiger partial charge < -0.3 is 0 Å². The van der Waals surface area contributed by atoms with E-state index in [1.165, 1.54) is 17.4 Å². The fraction of sp³-hybridized carbons (Fsp3) is 0.250. The van der Waals surface area contributed by atoms with E-state index in [1.807, 2.05) is 0 Å². The number of nitrogens with one attached hydrogen (secondary N) is 1. The highest BCUT2D eigenvalue weighted by Gasteiger charge is 2.32. The fourth-order valence-electron chi connectivity index (χ4n) is 2.51. The van der Waals surface area contributed by atoms with Crippen LogP contribution in [0.25, 0.3) is 21.1 Å². The maximum Gasteiger partial charge on any atom is 0.141 e. The average molecular weight is 362 g/mol. The third-order valence-electron chi connectivity index (χ3n) is 3.83. The Kier molecular flexibility index (Phi) is 3.90. The molecule has 0 aliphatic heterocycles. The molecule has 0 unspecified atom stereocenters. The molecule has 0 bridgehead atoms. The number of halogens is 2. The lowest BCUT2D eigenvalue weighted by molar-refractivity contribution is 0.628. The lowest BCUT2D eigenvalue weighted by atomic mass is 10.2. The van der Waals surface area contributed by atoms with Crippen molar-refractivity contribution in [1.29, 1.82) is 0 Å². The normalized spacial score (nSPS) is 14.6. The van der Waals surface area contributed by atoms with Crippen molar-refractivity contribution >= 4 is 29.2 Å². The highest BCUT2D eigenvalue weighted by atomic mass is 35.5. The predicted molar refractivity (Wildman–Crippen MR) is 93.4 cm³/mol. The molecule has 0 radical (unpaired) electrons. The molecule has 1 aliphatic carbocycles. The van der Waals surface area contributed by atoms with Gasteiger partial charge in [-0.15, -0.1) is 11.3 Å². The zero-order chi connectivity index (χ0) is 16.7. The van der Waals surface area contributed by atoms with Crippen LogP contribution in [-0.4, -0.2) is 33.7 Å². The summed E-state index contributed by atoms with van der Waals surface area (Å²) in [5, 5.41) is 12.0. The summed E-state index contributed by atoms with van der Waals surface area (Å²) in [6, 6.07) is 4.66. The van der Waals surface area contributed by atoms with E-state index in [4.69, 9.17) is 16.6 Å². The monoisotopic (exact) mass is 361 g/mol. The van der Waals surface area contributed by atoms with Crippen molar-refractivity contribution in [3.05, 3.63) is 40.4 Å². The van der Waals surface area contributed by atoms with E-state index in [9.17, 15) is 4.39 Å². The molecule has 1 N–H and O–H groups in total. The predicted octanol–water partition coefficient (Wildman–Crippen LogP) is 4.31. The molecule has 8 heteroatoms. The summed E-state index contributed by atoms with van der Waals surface area (Å²) in [7, 11) is 1.69. The standard InChI is InChI=1S/C16H13ClFN5S/c1-19-7-12-14(22-23-21-12)15-13(8-2-3-8)20-16(24-15)9-4-5-11(18)10(17)6-9/h4-8H,2-3H2,1H3,(H,21,22,23). The van der Waals surface area contributed by atoms with Gasteiger partial charge in [-0.25, -0.2) is 9.37 Å². The molecule has 0 spiro atoms. The average Bonchev–Trinajstić information content (AvgIpc) is 3.15. The largest absolute Gasteiger partial charge is 0.294 e.